The van der Waals surface area contributed by atoms with Gasteiger partial charge < -0.3 is 10.3 Å². The SMILES string of the molecule is CC(C)n1cc(-c2ccc(C#N)cc2)c2ccc(N)cc21. The van der Waals surface area contributed by atoms with Crippen LogP contribution < -0.4 is 5.73 Å². The van der Waals surface area contributed by atoms with Crippen LogP contribution in [0.5, 0.6) is 0 Å². The zero-order valence-electron chi connectivity index (χ0n) is 12.2. The van der Waals surface area contributed by atoms with E-state index in [1.54, 1.807) is 0 Å². The lowest BCUT2D eigenvalue weighted by molar-refractivity contribution is 0.623. The van der Waals surface area contributed by atoms with Gasteiger partial charge in [-0.3, -0.25) is 0 Å². The minimum absolute atomic E-state index is 0.362. The molecule has 2 N–H and O–H groups in total. The number of rotatable bonds is 2. The van der Waals surface area contributed by atoms with Crippen molar-refractivity contribution in [2.45, 2.75) is 19.9 Å². The summed E-state index contributed by atoms with van der Waals surface area (Å²) in [5.41, 5.74) is 10.8. The molecular weight excluding hydrogens is 258 g/mol. The topological polar surface area (TPSA) is 54.7 Å². The van der Waals surface area contributed by atoms with Gasteiger partial charge in [-0.05, 0) is 43.7 Å². The molecule has 104 valence electrons. The Morgan fingerprint density at radius 2 is 1.81 bits per heavy atom. The molecule has 0 amide bonds. The molecule has 3 aromatic rings. The zero-order chi connectivity index (χ0) is 15.0. The van der Waals surface area contributed by atoms with Gasteiger partial charge in [-0.15, -0.1) is 0 Å². The molecule has 0 radical (unpaired) electrons. The smallest absolute Gasteiger partial charge is 0.0991 e. The maximum absolute atomic E-state index is 8.91. The Morgan fingerprint density at radius 1 is 1.10 bits per heavy atom. The fourth-order valence-electron chi connectivity index (χ4n) is 2.65. The number of nitriles is 1. The van der Waals surface area contributed by atoms with Gasteiger partial charge in [0.2, 0.25) is 0 Å². The first-order valence-electron chi connectivity index (χ1n) is 7.01. The molecule has 0 aliphatic heterocycles. The number of anilines is 1. The normalized spacial score (nSPS) is 11.0. The third-order valence-electron chi connectivity index (χ3n) is 3.74. The molecule has 0 aliphatic rings. The molecule has 2 aromatic carbocycles. The summed E-state index contributed by atoms with van der Waals surface area (Å²) in [6.07, 6.45) is 2.16. The van der Waals surface area contributed by atoms with Crippen LogP contribution in [-0.4, -0.2) is 4.57 Å². The number of fused-ring (bicyclic) bond motifs is 1. The van der Waals surface area contributed by atoms with Gasteiger partial charge in [0.15, 0.2) is 0 Å². The molecular formula is C18H17N3. The maximum Gasteiger partial charge on any atom is 0.0991 e. The van der Waals surface area contributed by atoms with Gasteiger partial charge >= 0.3 is 0 Å². The number of hydrogen-bond acceptors (Lipinski definition) is 2. The van der Waals surface area contributed by atoms with Crippen molar-refractivity contribution in [3.05, 3.63) is 54.2 Å². The van der Waals surface area contributed by atoms with Gasteiger partial charge in [0.25, 0.3) is 0 Å². The predicted octanol–water partition coefficient (Wildman–Crippen LogP) is 4.34. The molecule has 0 unspecified atom stereocenters. The van der Waals surface area contributed by atoms with Gasteiger partial charge in [-0.2, -0.15) is 5.26 Å². The lowest BCUT2D eigenvalue weighted by Gasteiger charge is -2.09. The highest BCUT2D eigenvalue weighted by Gasteiger charge is 2.12. The number of aromatic nitrogens is 1. The fraction of sp³-hybridized carbons (Fsp3) is 0.167. The van der Waals surface area contributed by atoms with Crippen LogP contribution in [0.3, 0.4) is 0 Å². The van der Waals surface area contributed by atoms with Gasteiger partial charge in [0, 0.05) is 28.9 Å². The molecule has 1 aromatic heterocycles. The lowest BCUT2D eigenvalue weighted by atomic mass is 10.0. The van der Waals surface area contributed by atoms with Crippen molar-refractivity contribution < 1.29 is 0 Å². The van der Waals surface area contributed by atoms with Gasteiger partial charge in [-0.1, -0.05) is 18.2 Å². The summed E-state index contributed by atoms with van der Waals surface area (Å²) in [5.74, 6) is 0. The number of benzene rings is 2. The average Bonchev–Trinajstić information content (AvgIpc) is 2.86. The Bertz CT molecular complexity index is 833. The summed E-state index contributed by atoms with van der Waals surface area (Å²) in [6.45, 7) is 4.32. The van der Waals surface area contributed by atoms with Crippen LogP contribution >= 0.6 is 0 Å². The molecule has 21 heavy (non-hydrogen) atoms. The molecule has 0 bridgehead atoms. The van der Waals surface area contributed by atoms with E-state index in [-0.39, 0.29) is 0 Å². The van der Waals surface area contributed by atoms with Crippen LogP contribution in [0.2, 0.25) is 0 Å². The van der Waals surface area contributed by atoms with E-state index in [1.807, 2.05) is 36.4 Å². The van der Waals surface area contributed by atoms with Gasteiger partial charge in [0.05, 0.1) is 17.1 Å². The Morgan fingerprint density at radius 3 is 2.43 bits per heavy atom. The van der Waals surface area contributed by atoms with Crippen molar-refractivity contribution in [2.24, 2.45) is 0 Å². The van der Waals surface area contributed by atoms with Crippen LogP contribution in [0.15, 0.2) is 48.7 Å². The highest BCUT2D eigenvalue weighted by atomic mass is 15.0. The van der Waals surface area contributed by atoms with Crippen molar-refractivity contribution >= 4 is 16.6 Å². The summed E-state index contributed by atoms with van der Waals surface area (Å²) < 4.78 is 2.24. The minimum atomic E-state index is 0.362. The van der Waals surface area contributed by atoms with E-state index in [4.69, 9.17) is 11.0 Å². The van der Waals surface area contributed by atoms with Crippen LogP contribution in [-0.2, 0) is 0 Å². The first-order valence-corrected chi connectivity index (χ1v) is 7.01. The molecule has 0 fully saturated rings. The molecule has 3 nitrogen and oxygen atoms in total. The molecule has 0 spiro atoms. The van der Waals surface area contributed by atoms with Crippen LogP contribution in [0.1, 0.15) is 25.5 Å². The molecule has 0 saturated heterocycles. The molecule has 0 aliphatic carbocycles. The summed E-state index contributed by atoms with van der Waals surface area (Å²) in [4.78, 5) is 0. The second kappa shape index (κ2) is 4.99. The number of nitrogen functional groups attached to an aromatic ring is 1. The molecule has 3 rings (SSSR count). The van der Waals surface area contributed by atoms with E-state index < -0.39 is 0 Å². The van der Waals surface area contributed by atoms with E-state index in [1.165, 1.54) is 10.9 Å². The number of hydrogen-bond donors (Lipinski definition) is 1. The first-order chi connectivity index (χ1) is 10.1. The standard InChI is InChI=1S/C18H17N3/c1-12(2)21-11-17(14-5-3-13(10-19)4-6-14)16-8-7-15(20)9-18(16)21/h3-9,11-12H,20H2,1-2H3. The van der Waals surface area contributed by atoms with Crippen molar-refractivity contribution in [1.82, 2.24) is 4.57 Å². The van der Waals surface area contributed by atoms with E-state index in [0.717, 1.165) is 16.8 Å². The summed E-state index contributed by atoms with van der Waals surface area (Å²) in [7, 11) is 0. The van der Waals surface area contributed by atoms with Crippen LogP contribution in [0, 0.1) is 11.3 Å². The van der Waals surface area contributed by atoms with Crippen LogP contribution in [0.25, 0.3) is 22.0 Å². The first kappa shape index (κ1) is 13.3. The Balaban J connectivity index is 2.25. The fourth-order valence-corrected chi connectivity index (χ4v) is 2.65. The van der Waals surface area contributed by atoms with Crippen molar-refractivity contribution in [3.8, 4) is 17.2 Å². The second-order valence-corrected chi connectivity index (χ2v) is 5.51. The predicted molar refractivity (Wildman–Crippen MR) is 86.9 cm³/mol. The van der Waals surface area contributed by atoms with E-state index in [2.05, 4.69) is 36.7 Å². The summed E-state index contributed by atoms with van der Waals surface area (Å²) >= 11 is 0. The van der Waals surface area contributed by atoms with Gasteiger partial charge in [-0.25, -0.2) is 0 Å². The monoisotopic (exact) mass is 275 g/mol. The van der Waals surface area contributed by atoms with Crippen LogP contribution in [0.4, 0.5) is 5.69 Å². The second-order valence-electron chi connectivity index (χ2n) is 5.51. The third-order valence-corrected chi connectivity index (χ3v) is 3.74. The van der Waals surface area contributed by atoms with Crippen molar-refractivity contribution in [1.29, 1.82) is 5.26 Å². The third kappa shape index (κ3) is 2.25. The quantitative estimate of drug-likeness (QED) is 0.707. The van der Waals surface area contributed by atoms with Gasteiger partial charge in [0.1, 0.15) is 0 Å². The minimum Gasteiger partial charge on any atom is -0.399 e. The highest BCUT2D eigenvalue weighted by molar-refractivity contribution is 5.97. The molecule has 0 saturated carbocycles. The Kier molecular flexibility index (Phi) is 3.15. The van der Waals surface area contributed by atoms with E-state index >= 15 is 0 Å². The van der Waals surface area contributed by atoms with E-state index in [0.29, 0.717) is 11.6 Å². The zero-order valence-corrected chi connectivity index (χ0v) is 12.2. The average molecular weight is 275 g/mol. The van der Waals surface area contributed by atoms with E-state index in [9.17, 15) is 0 Å². The number of nitrogens with two attached hydrogens (primary N) is 1. The molecule has 3 heteroatoms. The molecule has 1 heterocycles. The Hall–Kier alpha value is -2.73. The largest absolute Gasteiger partial charge is 0.399 e. The summed E-state index contributed by atoms with van der Waals surface area (Å²) in [6, 6.07) is 16.2. The molecule has 0 atom stereocenters. The number of nitrogens with zero attached hydrogens (tertiary/aromatic N) is 2. The van der Waals surface area contributed by atoms with Crippen molar-refractivity contribution in [2.75, 3.05) is 5.73 Å². The Labute approximate surface area is 124 Å². The summed E-state index contributed by atoms with van der Waals surface area (Å²) in [5, 5.41) is 10.1. The highest BCUT2D eigenvalue weighted by Crippen LogP contribution is 2.33. The van der Waals surface area contributed by atoms with Crippen molar-refractivity contribution in [3.63, 3.8) is 0 Å². The maximum atomic E-state index is 8.91. The lowest BCUT2D eigenvalue weighted by Crippen LogP contribution is -1.98.